The van der Waals surface area contributed by atoms with Gasteiger partial charge in [0.15, 0.2) is 0 Å². The van der Waals surface area contributed by atoms with E-state index in [0.717, 1.165) is 12.8 Å². The summed E-state index contributed by atoms with van der Waals surface area (Å²) in [4.78, 5) is 23.2. The third-order valence-corrected chi connectivity index (χ3v) is 4.59. The molecule has 3 N–H and O–H groups in total. The van der Waals surface area contributed by atoms with Gasteiger partial charge in [-0.2, -0.15) is 0 Å². The summed E-state index contributed by atoms with van der Waals surface area (Å²) in [6.45, 7) is 5.79. The van der Waals surface area contributed by atoms with Crippen LogP contribution in [-0.4, -0.2) is 31.1 Å². The maximum Gasteiger partial charge on any atom is 0.308 e. The van der Waals surface area contributed by atoms with E-state index in [4.69, 9.17) is 10.5 Å². The van der Waals surface area contributed by atoms with Crippen LogP contribution in [0.3, 0.4) is 0 Å². The molecule has 0 aromatic heterocycles. The van der Waals surface area contributed by atoms with Gasteiger partial charge in [-0.05, 0) is 24.7 Å². The molecule has 4 unspecified atom stereocenters. The quantitative estimate of drug-likeness (QED) is 0.723. The fraction of sp³-hybridized carbons (Fsp3) is 0.867. The van der Waals surface area contributed by atoms with Gasteiger partial charge in [-0.25, -0.2) is 0 Å². The van der Waals surface area contributed by atoms with E-state index in [-0.39, 0.29) is 35.8 Å². The smallest absolute Gasteiger partial charge is 0.308 e. The molecule has 0 aliphatic heterocycles. The Morgan fingerprint density at radius 3 is 2.35 bits per heavy atom. The Bertz CT molecular complexity index is 342. The standard InChI is InChI=1S/C15H28N2O3/c1-5-10(6-2)14(17-9(3)18)12-7-11(8-13(12)16)15(19)20-4/h10-14H,5-8,16H2,1-4H3,(H,17,18). The fourth-order valence-electron chi connectivity index (χ4n) is 3.48. The molecule has 0 aromatic rings. The zero-order chi connectivity index (χ0) is 15.3. The largest absolute Gasteiger partial charge is 0.469 e. The number of carbonyl (C=O) groups is 2. The van der Waals surface area contributed by atoms with Gasteiger partial charge in [-0.15, -0.1) is 0 Å². The summed E-state index contributed by atoms with van der Waals surface area (Å²) >= 11 is 0. The first-order valence-electron chi connectivity index (χ1n) is 7.55. The maximum absolute atomic E-state index is 11.7. The van der Waals surface area contributed by atoms with E-state index >= 15 is 0 Å². The molecule has 1 amide bonds. The van der Waals surface area contributed by atoms with Crippen LogP contribution >= 0.6 is 0 Å². The molecule has 5 nitrogen and oxygen atoms in total. The van der Waals surface area contributed by atoms with Crippen molar-refractivity contribution in [2.75, 3.05) is 7.11 Å². The Balaban J connectivity index is 2.85. The van der Waals surface area contributed by atoms with Crippen LogP contribution < -0.4 is 11.1 Å². The number of hydrogen-bond acceptors (Lipinski definition) is 4. The molecule has 0 aromatic carbocycles. The van der Waals surface area contributed by atoms with Gasteiger partial charge in [0, 0.05) is 19.0 Å². The summed E-state index contributed by atoms with van der Waals surface area (Å²) in [6, 6.07) is -0.0105. The van der Waals surface area contributed by atoms with Crippen molar-refractivity contribution in [1.82, 2.24) is 5.32 Å². The normalized spacial score (nSPS) is 27.4. The van der Waals surface area contributed by atoms with Crippen molar-refractivity contribution in [3.8, 4) is 0 Å². The summed E-state index contributed by atoms with van der Waals surface area (Å²) in [7, 11) is 1.41. The van der Waals surface area contributed by atoms with Crippen LogP contribution in [0.2, 0.25) is 0 Å². The molecule has 1 rings (SSSR count). The van der Waals surface area contributed by atoms with Gasteiger partial charge in [0.25, 0.3) is 0 Å². The molecule has 1 aliphatic carbocycles. The highest BCUT2D eigenvalue weighted by Gasteiger charge is 2.42. The molecule has 0 bridgehead atoms. The van der Waals surface area contributed by atoms with Crippen molar-refractivity contribution in [2.45, 2.75) is 58.5 Å². The molecule has 5 heteroatoms. The first kappa shape index (κ1) is 17.0. The molecule has 1 fully saturated rings. The van der Waals surface area contributed by atoms with Crippen molar-refractivity contribution in [1.29, 1.82) is 0 Å². The van der Waals surface area contributed by atoms with E-state index in [1.807, 2.05) is 0 Å². The molecule has 0 radical (unpaired) electrons. The van der Waals surface area contributed by atoms with Gasteiger partial charge in [-0.3, -0.25) is 9.59 Å². The number of hydrogen-bond donors (Lipinski definition) is 2. The highest BCUT2D eigenvalue weighted by molar-refractivity contribution is 5.74. The highest BCUT2D eigenvalue weighted by Crippen LogP contribution is 2.36. The maximum atomic E-state index is 11.7. The molecule has 0 spiro atoms. The lowest BCUT2D eigenvalue weighted by molar-refractivity contribution is -0.145. The number of esters is 1. The van der Waals surface area contributed by atoms with Crippen molar-refractivity contribution in [2.24, 2.45) is 23.5 Å². The first-order valence-corrected chi connectivity index (χ1v) is 7.55. The van der Waals surface area contributed by atoms with E-state index < -0.39 is 0 Å². The Kier molecular flexibility index (Phi) is 6.46. The van der Waals surface area contributed by atoms with Gasteiger partial charge in [0.05, 0.1) is 13.0 Å². The molecule has 1 aliphatic rings. The van der Waals surface area contributed by atoms with Gasteiger partial charge in [0.2, 0.25) is 5.91 Å². The van der Waals surface area contributed by atoms with E-state index in [1.165, 1.54) is 14.0 Å². The Labute approximate surface area is 121 Å². The lowest BCUT2D eigenvalue weighted by Crippen LogP contribution is -2.48. The average molecular weight is 284 g/mol. The van der Waals surface area contributed by atoms with Crippen LogP contribution in [-0.2, 0) is 14.3 Å². The average Bonchev–Trinajstić information content (AvgIpc) is 2.79. The summed E-state index contributed by atoms with van der Waals surface area (Å²) in [6.07, 6.45) is 3.34. The van der Waals surface area contributed by atoms with Gasteiger partial charge >= 0.3 is 5.97 Å². The molecular weight excluding hydrogens is 256 g/mol. The van der Waals surface area contributed by atoms with Crippen molar-refractivity contribution in [3.63, 3.8) is 0 Å². The van der Waals surface area contributed by atoms with Crippen molar-refractivity contribution >= 4 is 11.9 Å². The van der Waals surface area contributed by atoms with E-state index in [1.54, 1.807) is 0 Å². The summed E-state index contributed by atoms with van der Waals surface area (Å²) in [5, 5.41) is 3.06. The lowest BCUT2D eigenvalue weighted by atomic mass is 9.82. The second-order valence-corrected chi connectivity index (χ2v) is 5.82. The zero-order valence-electron chi connectivity index (χ0n) is 13.0. The molecule has 1 saturated carbocycles. The van der Waals surface area contributed by atoms with E-state index in [0.29, 0.717) is 18.8 Å². The van der Waals surface area contributed by atoms with E-state index in [2.05, 4.69) is 19.2 Å². The third-order valence-electron chi connectivity index (χ3n) is 4.59. The number of carbonyl (C=O) groups excluding carboxylic acids is 2. The lowest BCUT2D eigenvalue weighted by Gasteiger charge is -2.33. The van der Waals surface area contributed by atoms with Crippen LogP contribution in [0.25, 0.3) is 0 Å². The van der Waals surface area contributed by atoms with Crippen LogP contribution in [0.15, 0.2) is 0 Å². The topological polar surface area (TPSA) is 81.4 Å². The third kappa shape index (κ3) is 3.95. The van der Waals surface area contributed by atoms with Crippen LogP contribution in [0.5, 0.6) is 0 Å². The van der Waals surface area contributed by atoms with Gasteiger partial charge < -0.3 is 15.8 Å². The molecule has 4 atom stereocenters. The van der Waals surface area contributed by atoms with Gasteiger partial charge in [0.1, 0.15) is 0 Å². The van der Waals surface area contributed by atoms with Crippen molar-refractivity contribution in [3.05, 3.63) is 0 Å². The number of amides is 1. The number of nitrogens with two attached hydrogens (primary N) is 1. The minimum absolute atomic E-state index is 0.0318. The predicted octanol–water partition coefficient (Wildman–Crippen LogP) is 1.45. The predicted molar refractivity (Wildman–Crippen MR) is 77.9 cm³/mol. The van der Waals surface area contributed by atoms with Crippen LogP contribution in [0, 0.1) is 17.8 Å². The summed E-state index contributed by atoms with van der Waals surface area (Å²) < 4.78 is 4.82. The van der Waals surface area contributed by atoms with Crippen molar-refractivity contribution < 1.29 is 14.3 Å². The number of nitrogens with one attached hydrogen (secondary N) is 1. The second kappa shape index (κ2) is 7.62. The summed E-state index contributed by atoms with van der Waals surface area (Å²) in [5.41, 5.74) is 6.23. The Hall–Kier alpha value is -1.10. The molecule has 20 heavy (non-hydrogen) atoms. The Morgan fingerprint density at radius 1 is 1.30 bits per heavy atom. The highest BCUT2D eigenvalue weighted by atomic mass is 16.5. The molecule has 0 saturated heterocycles. The molecule has 116 valence electrons. The zero-order valence-corrected chi connectivity index (χ0v) is 13.0. The number of ether oxygens (including phenoxy) is 1. The van der Waals surface area contributed by atoms with Gasteiger partial charge in [-0.1, -0.05) is 26.7 Å². The number of rotatable bonds is 6. The minimum Gasteiger partial charge on any atom is -0.469 e. The van der Waals surface area contributed by atoms with Crippen LogP contribution in [0.4, 0.5) is 0 Å². The van der Waals surface area contributed by atoms with Crippen LogP contribution in [0.1, 0.15) is 46.5 Å². The first-order chi connectivity index (χ1) is 9.44. The minimum atomic E-state index is -0.186. The monoisotopic (exact) mass is 284 g/mol. The fourth-order valence-corrected chi connectivity index (χ4v) is 3.48. The number of methoxy groups -OCH3 is 1. The Morgan fingerprint density at radius 2 is 1.90 bits per heavy atom. The SMILES string of the molecule is CCC(CC)C(NC(C)=O)C1CC(C(=O)OC)CC1N. The summed E-state index contributed by atoms with van der Waals surface area (Å²) in [5.74, 6) is 0.189. The van der Waals surface area contributed by atoms with E-state index in [9.17, 15) is 9.59 Å². The molecule has 0 heterocycles. The molecular formula is C15H28N2O3. The second-order valence-electron chi connectivity index (χ2n) is 5.82.